The molecule has 1 saturated heterocycles. The highest BCUT2D eigenvalue weighted by Gasteiger charge is 2.19. The van der Waals surface area contributed by atoms with Crippen LogP contribution < -0.4 is 5.32 Å². The fourth-order valence-corrected chi connectivity index (χ4v) is 3.50. The van der Waals surface area contributed by atoms with Gasteiger partial charge in [0.1, 0.15) is 0 Å². The first-order valence-corrected chi connectivity index (χ1v) is 7.75. The Morgan fingerprint density at radius 3 is 2.72 bits per heavy atom. The lowest BCUT2D eigenvalue weighted by atomic mass is 9.95. The second-order valence-corrected chi connectivity index (χ2v) is 7.73. The molecule has 1 atom stereocenters. The van der Waals surface area contributed by atoms with Crippen molar-refractivity contribution < 1.29 is 0 Å². The Morgan fingerprint density at radius 2 is 2.17 bits per heavy atom. The molecular weight excluding hydrogens is 240 g/mol. The summed E-state index contributed by atoms with van der Waals surface area (Å²) in [6.07, 6.45) is 1.35. The van der Waals surface area contributed by atoms with E-state index in [4.69, 9.17) is 0 Å². The molecule has 1 unspecified atom stereocenters. The zero-order valence-electron chi connectivity index (χ0n) is 12.1. The van der Waals surface area contributed by atoms with E-state index in [1.165, 1.54) is 29.3 Å². The van der Waals surface area contributed by atoms with E-state index in [0.717, 1.165) is 19.0 Å². The van der Waals surface area contributed by atoms with Gasteiger partial charge in [0.2, 0.25) is 0 Å². The molecule has 2 rings (SSSR count). The summed E-state index contributed by atoms with van der Waals surface area (Å²) in [4.78, 5) is 5.38. The lowest BCUT2D eigenvalue weighted by molar-refractivity contribution is 0.388. The second-order valence-electron chi connectivity index (χ2n) is 6.56. The zero-order valence-corrected chi connectivity index (χ0v) is 12.9. The molecule has 2 heterocycles. The van der Waals surface area contributed by atoms with Crippen molar-refractivity contribution in [2.24, 2.45) is 5.92 Å². The van der Waals surface area contributed by atoms with Crippen LogP contribution in [0.3, 0.4) is 0 Å². The van der Waals surface area contributed by atoms with Crippen LogP contribution >= 0.6 is 11.3 Å². The molecule has 0 saturated carbocycles. The van der Waals surface area contributed by atoms with Gasteiger partial charge in [-0.3, -0.25) is 0 Å². The van der Waals surface area contributed by atoms with Gasteiger partial charge in [-0.15, -0.1) is 11.3 Å². The van der Waals surface area contributed by atoms with Gasteiger partial charge in [0.25, 0.3) is 0 Å². The van der Waals surface area contributed by atoms with E-state index in [9.17, 15) is 0 Å². The Morgan fingerprint density at radius 1 is 1.39 bits per heavy atom. The Balaban J connectivity index is 1.75. The molecule has 2 nitrogen and oxygen atoms in total. The van der Waals surface area contributed by atoms with Gasteiger partial charge in [-0.25, -0.2) is 0 Å². The Bertz CT molecular complexity index is 378. The zero-order chi connectivity index (χ0) is 13.2. The van der Waals surface area contributed by atoms with Crippen molar-refractivity contribution in [1.82, 2.24) is 10.2 Å². The van der Waals surface area contributed by atoms with E-state index < -0.39 is 0 Å². The third-order valence-electron chi connectivity index (χ3n) is 3.62. The largest absolute Gasteiger partial charge is 0.312 e. The molecule has 0 bridgehead atoms. The van der Waals surface area contributed by atoms with E-state index in [1.807, 2.05) is 11.3 Å². The quantitative estimate of drug-likeness (QED) is 0.901. The van der Waals surface area contributed by atoms with Gasteiger partial charge in [0, 0.05) is 22.8 Å². The fraction of sp³-hybridized carbons (Fsp3) is 0.733. The molecule has 3 heteroatoms. The molecule has 0 radical (unpaired) electrons. The van der Waals surface area contributed by atoms with E-state index in [-0.39, 0.29) is 5.41 Å². The molecule has 0 aliphatic carbocycles. The van der Waals surface area contributed by atoms with Crippen molar-refractivity contribution in [2.45, 2.75) is 39.2 Å². The third-order valence-corrected chi connectivity index (χ3v) is 5.13. The highest BCUT2D eigenvalue weighted by Crippen LogP contribution is 2.29. The van der Waals surface area contributed by atoms with Crippen LogP contribution in [0.2, 0.25) is 0 Å². The first-order valence-electron chi connectivity index (χ1n) is 6.93. The molecular formula is C15H26N2S. The van der Waals surface area contributed by atoms with Crippen LogP contribution in [0.15, 0.2) is 12.1 Å². The number of hydrogen-bond acceptors (Lipinski definition) is 3. The Kier molecular flexibility index (Phi) is 4.46. The van der Waals surface area contributed by atoms with Gasteiger partial charge in [-0.05, 0) is 50.0 Å². The van der Waals surface area contributed by atoms with Gasteiger partial charge < -0.3 is 10.2 Å². The van der Waals surface area contributed by atoms with Gasteiger partial charge in [0.15, 0.2) is 0 Å². The fourth-order valence-electron chi connectivity index (χ4n) is 2.47. The van der Waals surface area contributed by atoms with Crippen molar-refractivity contribution in [2.75, 3.05) is 26.7 Å². The summed E-state index contributed by atoms with van der Waals surface area (Å²) in [6, 6.07) is 4.56. The van der Waals surface area contributed by atoms with E-state index in [1.54, 1.807) is 0 Å². The van der Waals surface area contributed by atoms with Gasteiger partial charge >= 0.3 is 0 Å². The Labute approximate surface area is 115 Å². The predicted molar refractivity (Wildman–Crippen MR) is 80.3 cm³/mol. The number of nitrogens with zero attached hydrogens (tertiary/aromatic N) is 1. The first kappa shape index (κ1) is 14.0. The smallest absolute Gasteiger partial charge is 0.0299 e. The van der Waals surface area contributed by atoms with E-state index in [2.05, 4.69) is 50.2 Å². The number of nitrogens with one attached hydrogen (secondary N) is 1. The summed E-state index contributed by atoms with van der Waals surface area (Å²) in [5.41, 5.74) is 0.289. The summed E-state index contributed by atoms with van der Waals surface area (Å²) in [7, 11) is 2.22. The van der Waals surface area contributed by atoms with Gasteiger partial charge in [-0.1, -0.05) is 20.8 Å². The molecule has 1 aliphatic heterocycles. The predicted octanol–water partition coefficient (Wildman–Crippen LogP) is 3.09. The maximum absolute atomic E-state index is 3.61. The van der Waals surface area contributed by atoms with Crippen LogP contribution in [0, 0.1) is 5.92 Å². The van der Waals surface area contributed by atoms with Crippen molar-refractivity contribution in [1.29, 1.82) is 0 Å². The van der Waals surface area contributed by atoms with Crippen molar-refractivity contribution >= 4 is 11.3 Å². The minimum absolute atomic E-state index is 0.289. The summed E-state index contributed by atoms with van der Waals surface area (Å²) < 4.78 is 0. The van der Waals surface area contributed by atoms with Gasteiger partial charge in [0.05, 0.1) is 0 Å². The lowest BCUT2D eigenvalue weighted by Crippen LogP contribution is -2.24. The minimum Gasteiger partial charge on any atom is -0.312 e. The molecule has 102 valence electrons. The van der Waals surface area contributed by atoms with Crippen molar-refractivity contribution in [3.05, 3.63) is 21.9 Å². The lowest BCUT2D eigenvalue weighted by Gasteiger charge is -2.15. The molecule has 1 aromatic rings. The van der Waals surface area contributed by atoms with Crippen LogP contribution in [0.1, 0.15) is 36.9 Å². The molecule has 1 fully saturated rings. The summed E-state index contributed by atoms with van der Waals surface area (Å²) >= 11 is 1.95. The standard InChI is InChI=1S/C15H26N2S/c1-15(2,3)14-6-5-13(18-14)10-16-9-12-7-8-17(4)11-12/h5-6,12,16H,7-11H2,1-4H3. The van der Waals surface area contributed by atoms with Crippen LogP contribution in [0.25, 0.3) is 0 Å². The second kappa shape index (κ2) is 5.72. The Hall–Kier alpha value is -0.380. The highest BCUT2D eigenvalue weighted by atomic mass is 32.1. The van der Waals surface area contributed by atoms with Crippen molar-refractivity contribution in [3.8, 4) is 0 Å². The summed E-state index contributed by atoms with van der Waals surface area (Å²) in [5.74, 6) is 0.844. The third kappa shape index (κ3) is 3.81. The molecule has 18 heavy (non-hydrogen) atoms. The monoisotopic (exact) mass is 266 g/mol. The average molecular weight is 266 g/mol. The SMILES string of the molecule is CN1CCC(CNCc2ccc(C(C)(C)C)s2)C1. The van der Waals surface area contributed by atoms with Crippen molar-refractivity contribution in [3.63, 3.8) is 0 Å². The maximum atomic E-state index is 3.61. The number of rotatable bonds is 4. The van der Waals surface area contributed by atoms with E-state index in [0.29, 0.717) is 0 Å². The molecule has 0 spiro atoms. The van der Waals surface area contributed by atoms with Crippen LogP contribution in [0.4, 0.5) is 0 Å². The number of hydrogen-bond donors (Lipinski definition) is 1. The summed E-state index contributed by atoms with van der Waals surface area (Å²) in [6.45, 7) is 11.6. The number of likely N-dealkylation sites (tertiary alicyclic amines) is 1. The van der Waals surface area contributed by atoms with Crippen LogP contribution in [-0.2, 0) is 12.0 Å². The molecule has 1 N–H and O–H groups in total. The molecule has 0 aromatic carbocycles. The maximum Gasteiger partial charge on any atom is 0.0299 e. The number of thiophene rings is 1. The average Bonchev–Trinajstić information content (AvgIpc) is 2.87. The minimum atomic E-state index is 0.289. The highest BCUT2D eigenvalue weighted by molar-refractivity contribution is 7.12. The van der Waals surface area contributed by atoms with Crippen LogP contribution in [0.5, 0.6) is 0 Å². The van der Waals surface area contributed by atoms with E-state index >= 15 is 0 Å². The van der Waals surface area contributed by atoms with Gasteiger partial charge in [-0.2, -0.15) is 0 Å². The molecule has 0 amide bonds. The normalized spacial score (nSPS) is 21.7. The topological polar surface area (TPSA) is 15.3 Å². The first-order chi connectivity index (χ1) is 8.45. The molecule has 1 aromatic heterocycles. The van der Waals surface area contributed by atoms with Crippen LogP contribution in [-0.4, -0.2) is 31.6 Å². The molecule has 1 aliphatic rings. The summed E-state index contributed by atoms with van der Waals surface area (Å²) in [5, 5.41) is 3.61.